The first-order chi connectivity index (χ1) is 21.3. The number of methoxy groups -OCH3 is 1. The molecule has 0 spiro atoms. The van der Waals surface area contributed by atoms with Crippen LogP contribution in [0.4, 0.5) is 0 Å². The van der Waals surface area contributed by atoms with Gasteiger partial charge in [-0.15, -0.1) is 11.3 Å². The zero-order valence-corrected chi connectivity index (χ0v) is 27.9. The number of hydrogen-bond donors (Lipinski definition) is 0. The number of aryl methyl sites for hydroxylation is 3. The van der Waals surface area contributed by atoms with Crippen molar-refractivity contribution in [3.05, 3.63) is 89.0 Å². The zero-order valence-electron chi connectivity index (χ0n) is 27.1. The molecule has 43 heavy (non-hydrogen) atoms. The van der Waals surface area contributed by atoms with Crippen molar-refractivity contribution in [1.29, 1.82) is 0 Å². The van der Waals surface area contributed by atoms with Crippen LogP contribution in [0.1, 0.15) is 101 Å². The Labute approximate surface area is 267 Å². The summed E-state index contributed by atoms with van der Waals surface area (Å²) in [4.78, 5) is 5.88. The van der Waals surface area contributed by atoms with Crippen LogP contribution in [-0.2, 0) is 19.4 Å². The van der Waals surface area contributed by atoms with Gasteiger partial charge in [0.05, 0.1) is 25.3 Å². The third-order valence-electron chi connectivity index (χ3n) is 8.10. The van der Waals surface area contributed by atoms with Gasteiger partial charge in [0.1, 0.15) is 5.75 Å². The van der Waals surface area contributed by atoms with Gasteiger partial charge in [-0.2, -0.15) is 0 Å². The van der Waals surface area contributed by atoms with Crippen LogP contribution in [0.15, 0.2) is 78.6 Å². The first kappa shape index (κ1) is 34.7. The lowest BCUT2D eigenvalue weighted by molar-refractivity contribution is 0.418. The predicted octanol–water partition coefficient (Wildman–Crippen LogP) is 10.6. The summed E-state index contributed by atoms with van der Waals surface area (Å²) in [6.45, 7) is 5.61. The average Bonchev–Trinajstić information content (AvgIpc) is 3.72. The van der Waals surface area contributed by atoms with Gasteiger partial charge >= 0.3 is 0 Å². The number of rotatable bonds is 20. The van der Waals surface area contributed by atoms with Gasteiger partial charge in [0, 0.05) is 11.4 Å². The van der Waals surface area contributed by atoms with Gasteiger partial charge in [-0.1, -0.05) is 133 Å². The van der Waals surface area contributed by atoms with Gasteiger partial charge < -0.3 is 9.30 Å². The standard InChI is InChI=1S/C21H32N2.C17H22BOS/c1-2-3-4-5-6-7-8-9-10-14-17-23-19-22-18-21(23)20-15-12-11-13-16-20;1-3-17-14(11-13-20-17)8-6-7-12-18-15-9-4-5-10-16(15)19-2/h11-13,15-16,18-19H,2-10,14,17H2,1H3;4-5,9-11,13H,3,6-8,12H2,1-2H3. The Hall–Kier alpha value is -2.79. The maximum Gasteiger partial charge on any atom is 0.156 e. The molecule has 0 saturated carbocycles. The maximum absolute atomic E-state index is 5.36. The Kier molecular flexibility index (Phi) is 17.6. The molecule has 0 aliphatic rings. The van der Waals surface area contributed by atoms with E-state index >= 15 is 0 Å². The number of hydrogen-bond acceptors (Lipinski definition) is 3. The fourth-order valence-electron chi connectivity index (χ4n) is 5.57. The summed E-state index contributed by atoms with van der Waals surface area (Å²) >= 11 is 1.89. The van der Waals surface area contributed by atoms with Gasteiger partial charge in [-0.05, 0) is 59.8 Å². The molecule has 0 N–H and O–H groups in total. The molecule has 0 aliphatic carbocycles. The van der Waals surface area contributed by atoms with Crippen molar-refractivity contribution in [1.82, 2.24) is 9.55 Å². The first-order valence-electron chi connectivity index (χ1n) is 16.8. The molecule has 4 aromatic rings. The summed E-state index contributed by atoms with van der Waals surface area (Å²) in [5.74, 6) is 0.971. The van der Waals surface area contributed by atoms with Crippen molar-refractivity contribution in [3.63, 3.8) is 0 Å². The summed E-state index contributed by atoms with van der Waals surface area (Å²) < 4.78 is 7.65. The molecule has 4 rings (SSSR count). The molecule has 5 heteroatoms. The second-order valence-electron chi connectivity index (χ2n) is 11.4. The number of benzene rings is 2. The zero-order chi connectivity index (χ0) is 30.4. The minimum absolute atomic E-state index is 0.971. The molecule has 2 aromatic carbocycles. The fourth-order valence-corrected chi connectivity index (χ4v) is 6.46. The Morgan fingerprint density at radius 3 is 2.19 bits per heavy atom. The minimum atomic E-state index is 0.971. The summed E-state index contributed by atoms with van der Waals surface area (Å²) in [5.41, 5.74) is 5.26. The normalized spacial score (nSPS) is 10.8. The Balaban J connectivity index is 0.000000238. The van der Waals surface area contributed by atoms with E-state index in [1.807, 2.05) is 36.0 Å². The van der Waals surface area contributed by atoms with Crippen molar-refractivity contribution in [3.8, 4) is 17.0 Å². The third-order valence-corrected chi connectivity index (χ3v) is 9.20. The SMILES string of the molecule is CCCCCCCCCCCCn1cncc1-c1ccccc1.CCc1sccc1CCCC[B]c1ccccc1OC. The van der Waals surface area contributed by atoms with Crippen LogP contribution in [0, 0.1) is 0 Å². The molecule has 0 unspecified atom stereocenters. The molecular weight excluding hydrogens is 543 g/mol. The van der Waals surface area contributed by atoms with Crippen molar-refractivity contribution >= 4 is 24.1 Å². The van der Waals surface area contributed by atoms with Crippen LogP contribution < -0.4 is 10.2 Å². The molecule has 3 nitrogen and oxygen atoms in total. The van der Waals surface area contributed by atoms with E-state index in [0.717, 1.165) is 18.6 Å². The predicted molar refractivity (Wildman–Crippen MR) is 189 cm³/mol. The molecule has 0 amide bonds. The van der Waals surface area contributed by atoms with E-state index in [0.29, 0.717) is 0 Å². The van der Waals surface area contributed by atoms with Crippen molar-refractivity contribution < 1.29 is 4.74 Å². The summed E-state index contributed by atoms with van der Waals surface area (Å²) in [6, 6.07) is 21.1. The lowest BCUT2D eigenvalue weighted by Crippen LogP contribution is -2.16. The molecular formula is C38H54BN2OS. The quantitative estimate of drug-likeness (QED) is 0.0749. The fraction of sp³-hybridized carbons (Fsp3) is 0.500. The van der Waals surface area contributed by atoms with Gasteiger partial charge in [-0.25, -0.2) is 4.98 Å². The number of ether oxygens (including phenoxy) is 1. The van der Waals surface area contributed by atoms with Crippen LogP contribution in [0.3, 0.4) is 0 Å². The van der Waals surface area contributed by atoms with Gasteiger partial charge in [0.2, 0.25) is 0 Å². The Morgan fingerprint density at radius 2 is 1.47 bits per heavy atom. The number of imidazole rings is 1. The van der Waals surface area contributed by atoms with Crippen LogP contribution in [0.25, 0.3) is 11.3 Å². The van der Waals surface area contributed by atoms with Crippen LogP contribution in [0.5, 0.6) is 5.75 Å². The van der Waals surface area contributed by atoms with E-state index in [9.17, 15) is 0 Å². The van der Waals surface area contributed by atoms with Gasteiger partial charge in [0.15, 0.2) is 7.28 Å². The Bertz CT molecular complexity index is 1240. The highest BCUT2D eigenvalue weighted by atomic mass is 32.1. The highest BCUT2D eigenvalue weighted by Crippen LogP contribution is 2.21. The van der Waals surface area contributed by atoms with Gasteiger partial charge in [-0.3, -0.25) is 0 Å². The highest BCUT2D eigenvalue weighted by Gasteiger charge is 2.06. The molecule has 1 radical (unpaired) electrons. The largest absolute Gasteiger partial charge is 0.497 e. The lowest BCUT2D eigenvalue weighted by Gasteiger charge is -2.08. The van der Waals surface area contributed by atoms with E-state index in [2.05, 4.69) is 84.6 Å². The number of unbranched alkanes of at least 4 members (excludes halogenated alkanes) is 10. The summed E-state index contributed by atoms with van der Waals surface area (Å²) in [7, 11) is 4.02. The first-order valence-corrected chi connectivity index (χ1v) is 17.7. The van der Waals surface area contributed by atoms with Crippen molar-refractivity contribution in [2.24, 2.45) is 0 Å². The number of aromatic nitrogens is 2. The molecule has 2 aromatic heterocycles. The second kappa shape index (κ2) is 21.8. The molecule has 0 fully saturated rings. The molecule has 0 bridgehead atoms. The molecule has 231 valence electrons. The van der Waals surface area contributed by atoms with E-state index in [-0.39, 0.29) is 0 Å². The molecule has 0 aliphatic heterocycles. The van der Waals surface area contributed by atoms with Crippen LogP contribution >= 0.6 is 11.3 Å². The molecule has 0 atom stereocenters. The Morgan fingerprint density at radius 1 is 0.767 bits per heavy atom. The molecule has 0 saturated heterocycles. The summed E-state index contributed by atoms with van der Waals surface area (Å²) in [5, 5.41) is 2.22. The molecule has 2 heterocycles. The van der Waals surface area contributed by atoms with E-state index in [1.54, 1.807) is 17.6 Å². The average molecular weight is 598 g/mol. The maximum atomic E-state index is 5.36. The number of thiophene rings is 1. The topological polar surface area (TPSA) is 27.1 Å². The van der Waals surface area contributed by atoms with Crippen LogP contribution in [-0.4, -0.2) is 23.9 Å². The third kappa shape index (κ3) is 13.2. The highest BCUT2D eigenvalue weighted by molar-refractivity contribution is 7.10. The monoisotopic (exact) mass is 597 g/mol. The van der Waals surface area contributed by atoms with Crippen molar-refractivity contribution in [2.75, 3.05) is 7.11 Å². The number of para-hydroxylation sites is 1. The summed E-state index contributed by atoms with van der Waals surface area (Å²) in [6.07, 6.45) is 23.8. The lowest BCUT2D eigenvalue weighted by atomic mass is 9.65. The van der Waals surface area contributed by atoms with Crippen molar-refractivity contribution in [2.45, 2.75) is 117 Å². The number of nitrogens with zero attached hydrogens (tertiary/aromatic N) is 2. The minimum Gasteiger partial charge on any atom is -0.497 e. The van der Waals surface area contributed by atoms with Crippen LogP contribution in [0.2, 0.25) is 6.32 Å². The smallest absolute Gasteiger partial charge is 0.156 e. The van der Waals surface area contributed by atoms with E-state index < -0.39 is 0 Å². The van der Waals surface area contributed by atoms with E-state index in [1.165, 1.54) is 107 Å². The second-order valence-corrected chi connectivity index (χ2v) is 12.4. The van der Waals surface area contributed by atoms with Gasteiger partial charge in [0.25, 0.3) is 0 Å². The van der Waals surface area contributed by atoms with E-state index in [4.69, 9.17) is 4.74 Å².